The van der Waals surface area contributed by atoms with Crippen molar-refractivity contribution in [1.29, 1.82) is 0 Å². The zero-order valence-corrected chi connectivity index (χ0v) is 20.6. The number of rotatable bonds is 10. The maximum absolute atomic E-state index is 13.5. The number of hydrogen-bond donors (Lipinski definition) is 1. The Kier molecular flexibility index (Phi) is 7.28. The topological polar surface area (TPSA) is 92.2 Å². The largest absolute Gasteiger partial charge is 0.481 e. The van der Waals surface area contributed by atoms with Crippen LogP contribution < -0.4 is 4.74 Å². The Bertz CT molecular complexity index is 1140. The van der Waals surface area contributed by atoms with Gasteiger partial charge >= 0.3 is 18.6 Å². The number of aliphatic carboxylic acids is 1. The Labute approximate surface area is 214 Å². The molecular formula is C27H31F2N3O5. The minimum atomic E-state index is -2.95. The fraction of sp³-hybridized carbons (Fsp3) is 0.519. The van der Waals surface area contributed by atoms with E-state index in [0.717, 1.165) is 25.0 Å². The number of carbonyl (C=O) groups excluding carboxylic acids is 1. The molecule has 2 fully saturated rings. The number of hydrogen-bond acceptors (Lipinski definition) is 5. The van der Waals surface area contributed by atoms with Gasteiger partial charge < -0.3 is 24.4 Å². The molecular weight excluding hydrogens is 484 g/mol. The number of halogens is 2. The van der Waals surface area contributed by atoms with Gasteiger partial charge in [-0.1, -0.05) is 18.2 Å². The van der Waals surface area contributed by atoms with Crippen molar-refractivity contribution >= 4 is 12.0 Å². The number of amides is 2. The molecule has 37 heavy (non-hydrogen) atoms. The van der Waals surface area contributed by atoms with E-state index in [1.54, 1.807) is 9.80 Å². The number of nitrogens with zero attached hydrogens (tertiary/aromatic N) is 3. The second-order valence-electron chi connectivity index (χ2n) is 10.2. The number of carbonyl (C=O) groups is 2. The quantitative estimate of drug-likeness (QED) is 0.513. The van der Waals surface area contributed by atoms with Crippen LogP contribution in [0.5, 0.6) is 5.75 Å². The van der Waals surface area contributed by atoms with E-state index in [0.29, 0.717) is 44.8 Å². The summed E-state index contributed by atoms with van der Waals surface area (Å²) in [7, 11) is 0. The lowest BCUT2D eigenvalue weighted by atomic mass is 9.80. The molecule has 3 heterocycles. The van der Waals surface area contributed by atoms with E-state index in [4.69, 9.17) is 9.72 Å². The summed E-state index contributed by atoms with van der Waals surface area (Å²) in [6.07, 6.45) is 4.88. The molecule has 1 aromatic carbocycles. The van der Waals surface area contributed by atoms with Crippen molar-refractivity contribution in [2.45, 2.75) is 51.2 Å². The standard InChI is InChI=1S/C27H31F2N3O5/c28-25(29)37-21-9-6-19(7-10-21)23(13-24(33)34)32-12-11-31(26(32)35)15-27(16-36-17-27)14-20-8-5-18-3-1-2-4-22(18)30-20/h5-10,23,25H,1-4,11-17H2,(H,33,34)/t23-/m0/s1. The summed E-state index contributed by atoms with van der Waals surface area (Å²) in [5, 5.41) is 9.51. The molecule has 1 aliphatic carbocycles. The Morgan fingerprint density at radius 1 is 1.11 bits per heavy atom. The number of fused-ring (bicyclic) bond motifs is 1. The highest BCUT2D eigenvalue weighted by atomic mass is 19.3. The molecule has 3 aliphatic rings. The Morgan fingerprint density at radius 3 is 2.54 bits per heavy atom. The molecule has 0 spiro atoms. The van der Waals surface area contributed by atoms with Crippen molar-refractivity contribution in [2.24, 2.45) is 5.41 Å². The van der Waals surface area contributed by atoms with Gasteiger partial charge in [-0.2, -0.15) is 8.78 Å². The first-order valence-electron chi connectivity index (χ1n) is 12.7. The van der Waals surface area contributed by atoms with Gasteiger partial charge in [0.05, 0.1) is 25.7 Å². The third-order valence-electron chi connectivity index (χ3n) is 7.50. The number of carboxylic acids is 1. The fourth-order valence-corrected chi connectivity index (χ4v) is 5.64. The van der Waals surface area contributed by atoms with Crippen LogP contribution in [0, 0.1) is 5.41 Å². The Hall–Kier alpha value is -3.27. The average molecular weight is 516 g/mol. The lowest BCUT2D eigenvalue weighted by Gasteiger charge is -2.43. The molecule has 0 unspecified atom stereocenters. The van der Waals surface area contributed by atoms with Gasteiger partial charge in [-0.05, 0) is 55.0 Å². The highest BCUT2D eigenvalue weighted by Crippen LogP contribution is 2.36. The summed E-state index contributed by atoms with van der Waals surface area (Å²) in [4.78, 5) is 33.3. The predicted octanol–water partition coefficient (Wildman–Crippen LogP) is 4.07. The summed E-state index contributed by atoms with van der Waals surface area (Å²) < 4.78 is 35.0. The van der Waals surface area contributed by atoms with E-state index >= 15 is 0 Å². The monoisotopic (exact) mass is 515 g/mol. The smallest absolute Gasteiger partial charge is 0.387 e. The van der Waals surface area contributed by atoms with Crippen LogP contribution in [-0.2, 0) is 28.8 Å². The van der Waals surface area contributed by atoms with Gasteiger partial charge in [0.15, 0.2) is 0 Å². The van der Waals surface area contributed by atoms with Crippen LogP contribution in [0.25, 0.3) is 0 Å². The molecule has 2 saturated heterocycles. The maximum atomic E-state index is 13.5. The molecule has 2 aromatic rings. The number of carboxylic acid groups (broad SMARTS) is 1. The molecule has 0 bridgehead atoms. The number of aromatic nitrogens is 1. The Morgan fingerprint density at radius 2 is 1.86 bits per heavy atom. The van der Waals surface area contributed by atoms with Gasteiger partial charge in [0.1, 0.15) is 5.75 Å². The summed E-state index contributed by atoms with van der Waals surface area (Å²) in [5.41, 5.74) is 3.86. The lowest BCUT2D eigenvalue weighted by molar-refractivity contribution is -0.138. The molecule has 8 nitrogen and oxygen atoms in total. The van der Waals surface area contributed by atoms with E-state index < -0.39 is 18.6 Å². The number of pyridine rings is 1. The van der Waals surface area contributed by atoms with E-state index in [2.05, 4.69) is 16.9 Å². The molecule has 198 valence electrons. The summed E-state index contributed by atoms with van der Waals surface area (Å²) >= 11 is 0. The zero-order valence-electron chi connectivity index (χ0n) is 20.6. The molecule has 5 rings (SSSR count). The highest BCUT2D eigenvalue weighted by molar-refractivity contribution is 5.78. The van der Waals surface area contributed by atoms with Crippen molar-refractivity contribution in [3.63, 3.8) is 0 Å². The first-order valence-corrected chi connectivity index (χ1v) is 12.7. The molecule has 1 atom stereocenters. The van der Waals surface area contributed by atoms with Crippen LogP contribution in [0.1, 0.15) is 47.8 Å². The second kappa shape index (κ2) is 10.6. The van der Waals surface area contributed by atoms with Crippen molar-refractivity contribution in [3.8, 4) is 5.75 Å². The first-order chi connectivity index (χ1) is 17.8. The Balaban J connectivity index is 1.28. The van der Waals surface area contributed by atoms with E-state index in [9.17, 15) is 23.5 Å². The molecule has 10 heteroatoms. The van der Waals surface area contributed by atoms with Crippen LogP contribution in [0.4, 0.5) is 13.6 Å². The van der Waals surface area contributed by atoms with Crippen LogP contribution >= 0.6 is 0 Å². The molecule has 0 radical (unpaired) electrons. The fourth-order valence-electron chi connectivity index (χ4n) is 5.64. The van der Waals surface area contributed by atoms with Crippen molar-refractivity contribution in [1.82, 2.24) is 14.8 Å². The lowest BCUT2D eigenvalue weighted by Crippen LogP contribution is -2.53. The number of urea groups is 1. The SMILES string of the molecule is O=C(O)C[C@@H](c1ccc(OC(F)F)cc1)N1CCN(CC2(Cc3ccc4c(n3)CCCC4)COC2)C1=O. The number of benzene rings is 1. The normalized spacial score (nSPS) is 19.5. The minimum Gasteiger partial charge on any atom is -0.481 e. The summed E-state index contributed by atoms with van der Waals surface area (Å²) in [6, 6.07) is 9.11. The van der Waals surface area contributed by atoms with Crippen LogP contribution in [0.15, 0.2) is 36.4 Å². The molecule has 0 saturated carbocycles. The van der Waals surface area contributed by atoms with Crippen molar-refractivity contribution in [3.05, 3.63) is 58.9 Å². The second-order valence-corrected chi connectivity index (χ2v) is 10.2. The van der Waals surface area contributed by atoms with Gasteiger partial charge in [-0.25, -0.2) is 4.79 Å². The predicted molar refractivity (Wildman–Crippen MR) is 130 cm³/mol. The van der Waals surface area contributed by atoms with Crippen molar-refractivity contribution < 1.29 is 33.0 Å². The van der Waals surface area contributed by atoms with E-state index in [1.165, 1.54) is 41.9 Å². The zero-order chi connectivity index (χ0) is 26.0. The van der Waals surface area contributed by atoms with Crippen LogP contribution in [0.3, 0.4) is 0 Å². The van der Waals surface area contributed by atoms with E-state index in [1.807, 2.05) is 0 Å². The van der Waals surface area contributed by atoms with Gasteiger partial charge in [0.25, 0.3) is 0 Å². The third kappa shape index (κ3) is 5.69. The summed E-state index contributed by atoms with van der Waals surface area (Å²) in [6.45, 7) is -0.517. The number of ether oxygens (including phenoxy) is 2. The van der Waals surface area contributed by atoms with Crippen LogP contribution in [0.2, 0.25) is 0 Å². The van der Waals surface area contributed by atoms with Gasteiger partial charge in [-0.3, -0.25) is 9.78 Å². The maximum Gasteiger partial charge on any atom is 0.387 e. The number of aryl methyl sites for hydroxylation is 2. The van der Waals surface area contributed by atoms with Gasteiger partial charge in [-0.15, -0.1) is 0 Å². The van der Waals surface area contributed by atoms with E-state index in [-0.39, 0.29) is 23.6 Å². The number of alkyl halides is 2. The van der Waals surface area contributed by atoms with Crippen molar-refractivity contribution in [2.75, 3.05) is 32.8 Å². The summed E-state index contributed by atoms with van der Waals surface area (Å²) in [5.74, 6) is -1.07. The molecule has 1 N–H and O–H groups in total. The van der Waals surface area contributed by atoms with Gasteiger partial charge in [0, 0.05) is 42.9 Å². The third-order valence-corrected chi connectivity index (χ3v) is 7.50. The first kappa shape index (κ1) is 25.4. The van der Waals surface area contributed by atoms with Gasteiger partial charge in [0.2, 0.25) is 0 Å². The molecule has 2 amide bonds. The minimum absolute atomic E-state index is 0.0232. The molecule has 2 aliphatic heterocycles. The highest BCUT2D eigenvalue weighted by Gasteiger charge is 2.45. The molecule has 1 aromatic heterocycles. The average Bonchev–Trinajstić information content (AvgIpc) is 3.20. The van der Waals surface area contributed by atoms with Crippen LogP contribution in [-0.4, -0.2) is 71.4 Å².